The highest BCUT2D eigenvalue weighted by Crippen LogP contribution is 2.03. The maximum absolute atomic E-state index is 11.3. The normalized spacial score (nSPS) is 12.2. The summed E-state index contributed by atoms with van der Waals surface area (Å²) in [4.78, 5) is 21.2. The van der Waals surface area contributed by atoms with Crippen molar-refractivity contribution in [2.45, 2.75) is 19.4 Å². The van der Waals surface area contributed by atoms with Gasteiger partial charge in [-0.1, -0.05) is 0 Å². The van der Waals surface area contributed by atoms with E-state index in [-0.39, 0.29) is 5.75 Å². The maximum Gasteiger partial charge on any atom is 0.318 e. The first-order chi connectivity index (χ1) is 6.52. The van der Waals surface area contributed by atoms with Crippen LogP contribution in [0.5, 0.6) is 0 Å². The molecule has 0 rings (SSSR count). The number of amides is 3. The van der Waals surface area contributed by atoms with Gasteiger partial charge in [-0.2, -0.15) is 0 Å². The molecule has 0 aliphatic heterocycles. The number of nitrogens with two attached hydrogens (primary N) is 2. The van der Waals surface area contributed by atoms with Gasteiger partial charge in [-0.05, 0) is 13.8 Å². The van der Waals surface area contributed by atoms with E-state index in [1.54, 1.807) is 5.32 Å². The molecule has 5 N–H and O–H groups in total. The Morgan fingerprint density at radius 1 is 1.33 bits per heavy atom. The fraction of sp³-hybridized carbons (Fsp3) is 0.714. The Morgan fingerprint density at radius 3 is 2.13 bits per heavy atom. The van der Waals surface area contributed by atoms with Crippen LogP contribution in [0.25, 0.3) is 0 Å². The highest BCUT2D eigenvalue weighted by Gasteiger charge is 2.24. The van der Waals surface area contributed by atoms with Crippen LogP contribution in [0.2, 0.25) is 0 Å². The smallest absolute Gasteiger partial charge is 0.318 e. The lowest BCUT2D eigenvalue weighted by Gasteiger charge is -2.17. The molecule has 0 saturated heterocycles. The van der Waals surface area contributed by atoms with Crippen molar-refractivity contribution in [3.63, 3.8) is 0 Å². The zero-order valence-corrected chi connectivity index (χ0v) is 9.43. The molecule has 0 aromatic heterocycles. The highest BCUT2D eigenvalue weighted by molar-refractivity contribution is 7.92. The van der Waals surface area contributed by atoms with Gasteiger partial charge in [-0.25, -0.2) is 13.2 Å². The lowest BCUT2D eigenvalue weighted by Crippen LogP contribution is -2.44. The third kappa shape index (κ3) is 7.89. The molecule has 0 fully saturated rings. The van der Waals surface area contributed by atoms with Crippen LogP contribution in [0.1, 0.15) is 13.8 Å². The zero-order valence-electron chi connectivity index (χ0n) is 8.61. The Bertz CT molecular complexity index is 355. The molecule has 8 heteroatoms. The molecule has 0 heterocycles. The molecular formula is C7H15N3O4S. The summed E-state index contributed by atoms with van der Waals surface area (Å²) < 4.78 is 22.7. The van der Waals surface area contributed by atoms with E-state index in [2.05, 4.69) is 5.73 Å². The molecule has 0 spiro atoms. The first-order valence-electron chi connectivity index (χ1n) is 4.10. The van der Waals surface area contributed by atoms with E-state index in [4.69, 9.17) is 5.73 Å². The molecule has 0 aromatic rings. The molecule has 0 bridgehead atoms. The van der Waals surface area contributed by atoms with Crippen molar-refractivity contribution in [2.24, 2.45) is 11.5 Å². The third-order valence-corrected chi connectivity index (χ3v) is 3.09. The molecule has 0 unspecified atom stereocenters. The zero-order chi connectivity index (χ0) is 12.3. The van der Waals surface area contributed by atoms with Gasteiger partial charge in [0.2, 0.25) is 5.91 Å². The van der Waals surface area contributed by atoms with Gasteiger partial charge in [0.05, 0.1) is 5.75 Å². The van der Waals surface area contributed by atoms with Crippen molar-refractivity contribution in [3.05, 3.63) is 0 Å². The Hall–Kier alpha value is -1.15. The van der Waals surface area contributed by atoms with E-state index in [0.29, 0.717) is 0 Å². The van der Waals surface area contributed by atoms with Gasteiger partial charge in [0.25, 0.3) is 0 Å². The molecule has 0 aliphatic carbocycles. The predicted octanol–water partition coefficient (Wildman–Crippen LogP) is -1.67. The van der Waals surface area contributed by atoms with Crippen LogP contribution in [0.15, 0.2) is 0 Å². The Balaban J connectivity index is 4.40. The third-order valence-electron chi connectivity index (χ3n) is 1.21. The second kappa shape index (κ2) is 4.58. The van der Waals surface area contributed by atoms with E-state index in [9.17, 15) is 18.0 Å². The highest BCUT2D eigenvalue weighted by atomic mass is 32.2. The minimum absolute atomic E-state index is 0.341. The number of hydrogen-bond acceptors (Lipinski definition) is 5. The van der Waals surface area contributed by atoms with Gasteiger partial charge < -0.3 is 11.5 Å². The summed E-state index contributed by atoms with van der Waals surface area (Å²) in [7, 11) is -3.63. The van der Waals surface area contributed by atoms with E-state index in [1.165, 1.54) is 13.8 Å². The van der Waals surface area contributed by atoms with Crippen LogP contribution in [-0.2, 0) is 14.6 Å². The van der Waals surface area contributed by atoms with Gasteiger partial charge in [-0.3, -0.25) is 10.1 Å². The summed E-state index contributed by atoms with van der Waals surface area (Å²) in [5, 5.41) is 1.66. The predicted molar refractivity (Wildman–Crippen MR) is 54.6 cm³/mol. The van der Waals surface area contributed by atoms with Gasteiger partial charge in [0.15, 0.2) is 9.84 Å². The first-order valence-corrected chi connectivity index (χ1v) is 5.92. The van der Waals surface area contributed by atoms with Crippen LogP contribution < -0.4 is 16.8 Å². The van der Waals surface area contributed by atoms with E-state index in [1.807, 2.05) is 0 Å². The number of sulfone groups is 1. The summed E-state index contributed by atoms with van der Waals surface area (Å²) in [6, 6.07) is -1.08. The van der Waals surface area contributed by atoms with Crippen LogP contribution >= 0.6 is 0 Å². The molecule has 0 aliphatic rings. The molecule has 88 valence electrons. The fourth-order valence-electron chi connectivity index (χ4n) is 0.991. The van der Waals surface area contributed by atoms with Crippen LogP contribution in [0.4, 0.5) is 4.79 Å². The number of primary amides is 1. The minimum atomic E-state index is -3.63. The van der Waals surface area contributed by atoms with E-state index >= 15 is 0 Å². The first kappa shape index (κ1) is 13.8. The molecule has 0 aromatic carbocycles. The topological polar surface area (TPSA) is 132 Å². The molecule has 7 nitrogen and oxygen atoms in total. The quantitative estimate of drug-likeness (QED) is 0.538. The number of hydrogen-bond donors (Lipinski definition) is 3. The number of nitrogens with one attached hydrogen (secondary N) is 1. The SMILES string of the molecule is CC(C)(N)CS(=O)(=O)CC(=O)NC(N)=O. The maximum atomic E-state index is 11.3. The Morgan fingerprint density at radius 2 is 1.80 bits per heavy atom. The Labute approximate surface area is 88.1 Å². The summed E-state index contributed by atoms with van der Waals surface area (Å²) in [6.45, 7) is 3.05. The average Bonchev–Trinajstić information content (AvgIpc) is 1.73. The summed E-state index contributed by atoms with van der Waals surface area (Å²) in [5.74, 6) is -2.09. The monoisotopic (exact) mass is 237 g/mol. The fourth-order valence-corrected chi connectivity index (χ4v) is 2.70. The molecule has 3 amide bonds. The minimum Gasteiger partial charge on any atom is -0.351 e. The van der Waals surface area contributed by atoms with Crippen LogP contribution in [-0.4, -0.2) is 37.4 Å². The van der Waals surface area contributed by atoms with Crippen molar-refractivity contribution < 1.29 is 18.0 Å². The number of rotatable bonds is 4. The number of urea groups is 1. The van der Waals surface area contributed by atoms with Gasteiger partial charge in [0.1, 0.15) is 5.75 Å². The van der Waals surface area contributed by atoms with Crippen molar-refractivity contribution in [3.8, 4) is 0 Å². The van der Waals surface area contributed by atoms with Gasteiger partial charge in [0, 0.05) is 5.54 Å². The van der Waals surface area contributed by atoms with Crippen molar-refractivity contribution in [2.75, 3.05) is 11.5 Å². The second-order valence-corrected chi connectivity index (χ2v) is 6.00. The van der Waals surface area contributed by atoms with Gasteiger partial charge in [-0.15, -0.1) is 0 Å². The van der Waals surface area contributed by atoms with Gasteiger partial charge >= 0.3 is 6.03 Å². The Kier molecular flexibility index (Phi) is 4.23. The molecule has 0 radical (unpaired) electrons. The number of imide groups is 1. The largest absolute Gasteiger partial charge is 0.351 e. The molecular weight excluding hydrogens is 222 g/mol. The lowest BCUT2D eigenvalue weighted by atomic mass is 10.1. The summed E-state index contributed by atoms with van der Waals surface area (Å²) in [5.41, 5.74) is 9.22. The van der Waals surface area contributed by atoms with Crippen molar-refractivity contribution in [1.82, 2.24) is 5.32 Å². The lowest BCUT2D eigenvalue weighted by molar-refractivity contribution is -0.117. The van der Waals surface area contributed by atoms with Crippen molar-refractivity contribution in [1.29, 1.82) is 0 Å². The molecule has 0 atom stereocenters. The van der Waals surface area contributed by atoms with E-state index < -0.39 is 33.1 Å². The standard InChI is InChI=1S/C7H15N3O4S/c1-7(2,9)4-15(13,14)3-5(11)10-6(8)12/h3-4,9H2,1-2H3,(H3,8,10,11,12). The summed E-state index contributed by atoms with van der Waals surface area (Å²) >= 11 is 0. The van der Waals surface area contributed by atoms with Crippen LogP contribution in [0.3, 0.4) is 0 Å². The number of carbonyl (C=O) groups excluding carboxylic acids is 2. The van der Waals surface area contributed by atoms with E-state index in [0.717, 1.165) is 0 Å². The van der Waals surface area contributed by atoms with Crippen molar-refractivity contribution >= 4 is 21.8 Å². The van der Waals surface area contributed by atoms with Crippen LogP contribution in [0, 0.1) is 0 Å². The number of carbonyl (C=O) groups is 2. The molecule has 0 saturated carbocycles. The second-order valence-electron chi connectivity index (χ2n) is 3.93. The summed E-state index contributed by atoms with van der Waals surface area (Å²) in [6.07, 6.45) is 0. The molecule has 15 heavy (non-hydrogen) atoms. The average molecular weight is 237 g/mol.